The van der Waals surface area contributed by atoms with Gasteiger partial charge in [-0.2, -0.15) is 0 Å². The second kappa shape index (κ2) is 9.05. The van der Waals surface area contributed by atoms with Gasteiger partial charge in [0.1, 0.15) is 48.8 Å². The highest BCUT2D eigenvalue weighted by molar-refractivity contribution is 7.52. The van der Waals surface area contributed by atoms with Crippen LogP contribution in [0.3, 0.4) is 0 Å². The Labute approximate surface area is 153 Å². The lowest BCUT2D eigenvalue weighted by molar-refractivity contribution is -0.279. The SMILES string of the molecule is O=P(O)(C[C@H]1OC(CO)[C@@H](O)[C@H](O)C1O)O[C@@H]1OC(CO)[C@H](O)[C@@H](O)C1O. The fourth-order valence-electron chi connectivity index (χ4n) is 2.92. The maximum absolute atomic E-state index is 12.3. The molecule has 13 nitrogen and oxygen atoms in total. The Morgan fingerprint density at radius 3 is 1.67 bits per heavy atom. The molecule has 2 rings (SSSR count). The average Bonchev–Trinajstić information content (AvgIpc) is 2.62. The molecule has 0 saturated carbocycles. The number of aliphatic hydroxyl groups excluding tert-OH is 8. The molecule has 0 aromatic rings. The topological polar surface area (TPSA) is 227 Å². The van der Waals surface area contributed by atoms with Gasteiger partial charge in [-0.15, -0.1) is 0 Å². The van der Waals surface area contributed by atoms with Gasteiger partial charge in [0.05, 0.1) is 25.5 Å². The van der Waals surface area contributed by atoms with E-state index in [2.05, 4.69) is 0 Å². The van der Waals surface area contributed by atoms with E-state index < -0.39 is 88.2 Å². The number of aliphatic hydroxyl groups is 8. The molecule has 0 aromatic heterocycles. The van der Waals surface area contributed by atoms with Crippen LogP contribution >= 0.6 is 7.60 Å². The van der Waals surface area contributed by atoms with Crippen molar-refractivity contribution in [2.24, 2.45) is 0 Å². The van der Waals surface area contributed by atoms with Gasteiger partial charge in [-0.25, -0.2) is 0 Å². The molecule has 0 amide bonds. The van der Waals surface area contributed by atoms with Crippen molar-refractivity contribution in [3.05, 3.63) is 0 Å². The number of ether oxygens (including phenoxy) is 2. The third-order valence-corrected chi connectivity index (χ3v) is 5.88. The maximum atomic E-state index is 12.3. The van der Waals surface area contributed by atoms with Crippen LogP contribution in [0.15, 0.2) is 0 Å². The normalized spacial score (nSPS) is 48.2. The third kappa shape index (κ3) is 5.03. The van der Waals surface area contributed by atoms with Crippen molar-refractivity contribution in [1.29, 1.82) is 0 Å². The predicted molar refractivity (Wildman–Crippen MR) is 83.3 cm³/mol. The number of hydrogen-bond acceptors (Lipinski definition) is 12. The molecule has 2 saturated heterocycles. The molecular weight excluding hydrogens is 395 g/mol. The number of hydrogen-bond donors (Lipinski definition) is 9. The molecule has 160 valence electrons. The van der Waals surface area contributed by atoms with Gasteiger partial charge in [0.2, 0.25) is 0 Å². The van der Waals surface area contributed by atoms with E-state index in [1.807, 2.05) is 0 Å². The summed E-state index contributed by atoms with van der Waals surface area (Å²) in [5.41, 5.74) is 0. The molecule has 0 bridgehead atoms. The largest absolute Gasteiger partial charge is 0.394 e. The van der Waals surface area contributed by atoms with Crippen LogP contribution in [-0.4, -0.2) is 126 Å². The zero-order valence-corrected chi connectivity index (χ0v) is 14.9. The van der Waals surface area contributed by atoms with Crippen LogP contribution in [0.4, 0.5) is 0 Å². The quantitative estimate of drug-likeness (QED) is 0.183. The Bertz CT molecular complexity index is 488. The van der Waals surface area contributed by atoms with Gasteiger partial charge in [-0.1, -0.05) is 0 Å². The van der Waals surface area contributed by atoms with Crippen molar-refractivity contribution in [3.8, 4) is 0 Å². The highest BCUT2D eigenvalue weighted by atomic mass is 31.2. The molecule has 2 aliphatic heterocycles. The highest BCUT2D eigenvalue weighted by Gasteiger charge is 2.49. The Kier molecular flexibility index (Phi) is 7.72. The van der Waals surface area contributed by atoms with Crippen molar-refractivity contribution in [3.63, 3.8) is 0 Å². The molecule has 2 aliphatic rings. The van der Waals surface area contributed by atoms with Crippen LogP contribution in [0.1, 0.15) is 0 Å². The first-order valence-corrected chi connectivity index (χ1v) is 9.90. The summed E-state index contributed by atoms with van der Waals surface area (Å²) in [6.45, 7) is -1.50. The summed E-state index contributed by atoms with van der Waals surface area (Å²) in [7, 11) is -4.69. The summed E-state index contributed by atoms with van der Waals surface area (Å²) in [6.07, 6.45) is -17.6. The molecule has 9 N–H and O–H groups in total. The molecule has 5 unspecified atom stereocenters. The molecular formula is C13H25O13P. The molecule has 0 spiro atoms. The molecule has 27 heavy (non-hydrogen) atoms. The Hall–Kier alpha value is -0.250. The van der Waals surface area contributed by atoms with Crippen molar-refractivity contribution in [2.45, 2.75) is 61.2 Å². The summed E-state index contributed by atoms with van der Waals surface area (Å²) >= 11 is 0. The van der Waals surface area contributed by atoms with Crippen LogP contribution in [0.25, 0.3) is 0 Å². The van der Waals surface area contributed by atoms with E-state index in [0.29, 0.717) is 0 Å². The van der Waals surface area contributed by atoms with Crippen LogP contribution in [-0.2, 0) is 18.6 Å². The van der Waals surface area contributed by atoms with Gasteiger partial charge in [-0.3, -0.25) is 9.09 Å². The lowest BCUT2D eigenvalue weighted by Crippen LogP contribution is -2.60. The first-order valence-electron chi connectivity index (χ1n) is 8.13. The minimum atomic E-state index is -4.69. The molecule has 14 heteroatoms. The third-order valence-electron chi connectivity index (χ3n) is 4.52. The zero-order valence-electron chi connectivity index (χ0n) is 14.0. The molecule has 0 radical (unpaired) electrons. The average molecular weight is 420 g/mol. The van der Waals surface area contributed by atoms with E-state index in [1.165, 1.54) is 0 Å². The maximum Gasteiger partial charge on any atom is 0.333 e. The first-order chi connectivity index (χ1) is 12.5. The molecule has 11 atom stereocenters. The van der Waals surface area contributed by atoms with Gasteiger partial charge in [0.15, 0.2) is 6.29 Å². The van der Waals surface area contributed by atoms with Crippen molar-refractivity contribution < 1.29 is 64.3 Å². The van der Waals surface area contributed by atoms with E-state index in [0.717, 1.165) is 0 Å². The highest BCUT2D eigenvalue weighted by Crippen LogP contribution is 2.47. The Morgan fingerprint density at radius 1 is 0.704 bits per heavy atom. The first kappa shape index (κ1) is 23.0. The van der Waals surface area contributed by atoms with Crippen molar-refractivity contribution >= 4 is 7.60 Å². The number of rotatable bonds is 6. The smallest absolute Gasteiger partial charge is 0.333 e. The fourth-order valence-corrected chi connectivity index (χ4v) is 4.26. The summed E-state index contributed by atoms with van der Waals surface area (Å²) in [4.78, 5) is 10.0. The van der Waals surface area contributed by atoms with Crippen LogP contribution in [0, 0.1) is 0 Å². The van der Waals surface area contributed by atoms with E-state index in [4.69, 9.17) is 24.2 Å². The fraction of sp³-hybridized carbons (Fsp3) is 1.00. The molecule has 0 aliphatic carbocycles. The summed E-state index contributed by atoms with van der Waals surface area (Å²) < 4.78 is 27.2. The van der Waals surface area contributed by atoms with Crippen LogP contribution in [0.2, 0.25) is 0 Å². The lowest BCUT2D eigenvalue weighted by Gasteiger charge is -2.42. The molecule has 2 heterocycles. The van der Waals surface area contributed by atoms with Gasteiger partial charge >= 0.3 is 7.60 Å². The summed E-state index contributed by atoms with van der Waals surface area (Å²) in [5.74, 6) is 0. The van der Waals surface area contributed by atoms with Crippen LogP contribution in [0.5, 0.6) is 0 Å². The molecule has 0 aromatic carbocycles. The second-order valence-corrected chi connectivity index (χ2v) is 8.34. The Balaban J connectivity index is 2.06. The van der Waals surface area contributed by atoms with E-state index in [1.54, 1.807) is 0 Å². The van der Waals surface area contributed by atoms with Gasteiger partial charge in [-0.05, 0) is 0 Å². The summed E-state index contributed by atoms with van der Waals surface area (Å²) in [5, 5.41) is 76.7. The molecule has 2 fully saturated rings. The standard InChI is InChI=1S/C13H25O13P/c14-1-4-7(16)10(19)9(18)6(24-4)3-27(22,23)26-13-12(21)11(20)8(17)5(2-15)25-13/h4-21H,1-3H2,(H,22,23)/t4?,5?,6-,7-,8+,9?,10+,11-,12?,13+/m1/s1. The van der Waals surface area contributed by atoms with Gasteiger partial charge in [0.25, 0.3) is 0 Å². The minimum absolute atomic E-state index is 0.731. The Morgan fingerprint density at radius 2 is 1.15 bits per heavy atom. The van der Waals surface area contributed by atoms with Crippen LogP contribution < -0.4 is 0 Å². The van der Waals surface area contributed by atoms with Crippen molar-refractivity contribution in [1.82, 2.24) is 0 Å². The van der Waals surface area contributed by atoms with E-state index in [9.17, 15) is 40.1 Å². The van der Waals surface area contributed by atoms with Crippen molar-refractivity contribution in [2.75, 3.05) is 19.4 Å². The monoisotopic (exact) mass is 420 g/mol. The summed E-state index contributed by atoms with van der Waals surface area (Å²) in [6, 6.07) is 0. The van der Waals surface area contributed by atoms with Gasteiger partial charge in [0, 0.05) is 0 Å². The lowest BCUT2D eigenvalue weighted by atomic mass is 9.96. The van der Waals surface area contributed by atoms with E-state index >= 15 is 0 Å². The second-order valence-electron chi connectivity index (χ2n) is 6.49. The van der Waals surface area contributed by atoms with Gasteiger partial charge < -0.3 is 55.2 Å². The van der Waals surface area contributed by atoms with E-state index in [-0.39, 0.29) is 0 Å². The zero-order chi connectivity index (χ0) is 20.5. The minimum Gasteiger partial charge on any atom is -0.394 e. The predicted octanol–water partition coefficient (Wildman–Crippen LogP) is -5.17.